The fraction of sp³-hybridized carbons (Fsp3) is 0.591. The number of piperidine rings is 1. The number of halogens is 5. The Labute approximate surface area is 215 Å². The number of hydroxylamine groups is 1. The summed E-state index contributed by atoms with van der Waals surface area (Å²) in [6, 6.07) is 2.06. The minimum atomic E-state index is -4.83. The van der Waals surface area contributed by atoms with Crippen molar-refractivity contribution in [2.45, 2.75) is 57.7 Å². The zero-order valence-electron chi connectivity index (χ0n) is 20.3. The molecule has 3 amide bonds. The highest BCUT2D eigenvalue weighted by atomic mass is 35.5. The summed E-state index contributed by atoms with van der Waals surface area (Å²) in [6.07, 6.45) is -5.31. The number of amides is 3. The summed E-state index contributed by atoms with van der Waals surface area (Å²) in [4.78, 5) is 43.5. The molecule has 0 radical (unpaired) electrons. The number of carbonyl (C=O) groups is 3. The van der Waals surface area contributed by atoms with Gasteiger partial charge in [0.25, 0.3) is 11.8 Å². The molecule has 1 unspecified atom stereocenters. The van der Waals surface area contributed by atoms with Crippen LogP contribution < -0.4 is 15.5 Å². The first-order chi connectivity index (χ1) is 17.1. The summed E-state index contributed by atoms with van der Waals surface area (Å²) in [5.74, 6) is -1.95. The van der Waals surface area contributed by atoms with Gasteiger partial charge in [0.2, 0.25) is 0 Å². The molecule has 1 aliphatic heterocycles. The van der Waals surface area contributed by atoms with Crippen LogP contribution in [0.2, 0.25) is 5.02 Å². The quantitative estimate of drug-likeness (QED) is 0.272. The van der Waals surface area contributed by atoms with Crippen LogP contribution in [-0.2, 0) is 23.9 Å². The van der Waals surface area contributed by atoms with Gasteiger partial charge in [0, 0.05) is 18.7 Å². The van der Waals surface area contributed by atoms with Gasteiger partial charge in [-0.15, -0.1) is 13.2 Å². The van der Waals surface area contributed by atoms with Gasteiger partial charge in [-0.05, 0) is 45.7 Å². The van der Waals surface area contributed by atoms with E-state index in [1.807, 2.05) is 5.48 Å². The number of hydrogen-bond donors (Lipinski definition) is 2. The zero-order valence-corrected chi connectivity index (χ0v) is 21.1. The van der Waals surface area contributed by atoms with Gasteiger partial charge in [0.05, 0.1) is 18.2 Å². The van der Waals surface area contributed by atoms with Crippen molar-refractivity contribution in [2.75, 3.05) is 26.4 Å². The maximum Gasteiger partial charge on any atom is 0.522 e. The maximum atomic E-state index is 13.5. The van der Waals surface area contributed by atoms with Crippen molar-refractivity contribution in [2.24, 2.45) is 0 Å². The fourth-order valence-electron chi connectivity index (χ4n) is 3.26. The normalized spacial score (nSPS) is 18.2. The molecular weight excluding hydrogens is 530 g/mol. The molecular formula is C22H28ClF4N3O7. The summed E-state index contributed by atoms with van der Waals surface area (Å²) in [5, 5.41) is 2.58. The smallest absolute Gasteiger partial charge is 0.484 e. The van der Waals surface area contributed by atoms with E-state index in [1.54, 1.807) is 20.8 Å². The molecule has 37 heavy (non-hydrogen) atoms. The van der Waals surface area contributed by atoms with E-state index in [1.165, 1.54) is 12.1 Å². The zero-order chi connectivity index (χ0) is 27.8. The van der Waals surface area contributed by atoms with Crippen LogP contribution in [0.1, 0.15) is 33.6 Å². The van der Waals surface area contributed by atoms with Gasteiger partial charge in [-0.2, -0.15) is 0 Å². The SMILES string of the molecule is CC(C)(C)OC(=O)N1CC(NC(=O)COc2ccc(Cl)c(F)c2)CC[C@H]1C(=O)NOCCOC(F)(F)F. The molecule has 2 N–H and O–H groups in total. The third-order valence-electron chi connectivity index (χ3n) is 4.76. The van der Waals surface area contributed by atoms with Crippen LogP contribution >= 0.6 is 11.6 Å². The molecule has 2 atom stereocenters. The Balaban J connectivity index is 1.94. The van der Waals surface area contributed by atoms with Gasteiger partial charge in [0.15, 0.2) is 6.61 Å². The van der Waals surface area contributed by atoms with Crippen LogP contribution in [-0.4, -0.2) is 73.2 Å². The van der Waals surface area contributed by atoms with Crippen molar-refractivity contribution in [1.82, 2.24) is 15.7 Å². The largest absolute Gasteiger partial charge is 0.522 e. The van der Waals surface area contributed by atoms with Crippen molar-refractivity contribution in [3.63, 3.8) is 0 Å². The van der Waals surface area contributed by atoms with E-state index in [-0.39, 0.29) is 30.2 Å². The number of benzene rings is 1. The Morgan fingerprint density at radius 3 is 2.46 bits per heavy atom. The predicted octanol–water partition coefficient (Wildman–Crippen LogP) is 3.33. The summed E-state index contributed by atoms with van der Waals surface area (Å²) in [7, 11) is 0. The minimum Gasteiger partial charge on any atom is -0.484 e. The Hall–Kier alpha value is -2.84. The Kier molecular flexibility index (Phi) is 10.8. The average molecular weight is 558 g/mol. The molecule has 0 aromatic heterocycles. The highest BCUT2D eigenvalue weighted by Crippen LogP contribution is 2.22. The van der Waals surface area contributed by atoms with Crippen molar-refractivity contribution in [3.8, 4) is 5.75 Å². The summed E-state index contributed by atoms with van der Waals surface area (Å²) in [5.41, 5.74) is 1.12. The fourth-order valence-corrected chi connectivity index (χ4v) is 3.38. The van der Waals surface area contributed by atoms with Crippen molar-refractivity contribution >= 4 is 29.5 Å². The molecule has 10 nitrogen and oxygen atoms in total. The second-order valence-corrected chi connectivity index (χ2v) is 9.37. The van der Waals surface area contributed by atoms with Crippen LogP contribution in [0.5, 0.6) is 5.75 Å². The minimum absolute atomic E-state index is 0.0850. The lowest BCUT2D eigenvalue weighted by Crippen LogP contribution is -2.59. The van der Waals surface area contributed by atoms with Crippen molar-refractivity contribution < 1.29 is 51.0 Å². The first-order valence-corrected chi connectivity index (χ1v) is 11.5. The van der Waals surface area contributed by atoms with Crippen LogP contribution in [0.4, 0.5) is 22.4 Å². The maximum absolute atomic E-state index is 13.5. The lowest BCUT2D eigenvalue weighted by Gasteiger charge is -2.39. The van der Waals surface area contributed by atoms with E-state index in [2.05, 4.69) is 10.1 Å². The molecule has 1 aromatic carbocycles. The van der Waals surface area contributed by atoms with E-state index in [4.69, 9.17) is 25.9 Å². The first-order valence-electron chi connectivity index (χ1n) is 11.1. The molecule has 15 heteroatoms. The monoisotopic (exact) mass is 557 g/mol. The molecule has 1 aliphatic rings. The third kappa shape index (κ3) is 11.0. The molecule has 1 heterocycles. The van der Waals surface area contributed by atoms with E-state index in [9.17, 15) is 31.9 Å². The topological polar surface area (TPSA) is 115 Å². The highest BCUT2D eigenvalue weighted by molar-refractivity contribution is 6.30. The predicted molar refractivity (Wildman–Crippen MR) is 121 cm³/mol. The Morgan fingerprint density at radius 2 is 1.84 bits per heavy atom. The van der Waals surface area contributed by atoms with E-state index >= 15 is 0 Å². The third-order valence-corrected chi connectivity index (χ3v) is 5.07. The van der Waals surface area contributed by atoms with Crippen LogP contribution in [0.3, 0.4) is 0 Å². The van der Waals surface area contributed by atoms with E-state index in [0.29, 0.717) is 0 Å². The lowest BCUT2D eigenvalue weighted by molar-refractivity contribution is -0.327. The summed E-state index contributed by atoms with van der Waals surface area (Å²) < 4.78 is 63.7. The van der Waals surface area contributed by atoms with Gasteiger partial charge in [0.1, 0.15) is 23.2 Å². The molecule has 1 aromatic rings. The van der Waals surface area contributed by atoms with Gasteiger partial charge in [-0.1, -0.05) is 11.6 Å². The molecule has 1 fully saturated rings. The lowest BCUT2D eigenvalue weighted by atomic mass is 9.98. The van der Waals surface area contributed by atoms with Gasteiger partial charge in [-0.3, -0.25) is 24.1 Å². The number of hydrogen-bond acceptors (Lipinski definition) is 7. The van der Waals surface area contributed by atoms with Crippen molar-refractivity contribution in [1.29, 1.82) is 0 Å². The number of rotatable bonds is 9. The van der Waals surface area contributed by atoms with Crippen LogP contribution in [0, 0.1) is 5.82 Å². The second kappa shape index (κ2) is 13.1. The number of alkyl halides is 3. The number of nitrogens with one attached hydrogen (secondary N) is 2. The van der Waals surface area contributed by atoms with Gasteiger partial charge in [-0.25, -0.2) is 14.7 Å². The number of ether oxygens (including phenoxy) is 3. The number of nitrogens with zero attached hydrogens (tertiary/aromatic N) is 1. The molecule has 2 rings (SSSR count). The number of likely N-dealkylation sites (tertiary alicyclic amines) is 1. The molecule has 0 aliphatic carbocycles. The van der Waals surface area contributed by atoms with Gasteiger partial charge < -0.3 is 14.8 Å². The molecule has 1 saturated heterocycles. The van der Waals surface area contributed by atoms with Crippen LogP contribution in [0.15, 0.2) is 18.2 Å². The van der Waals surface area contributed by atoms with Crippen molar-refractivity contribution in [3.05, 3.63) is 29.0 Å². The molecule has 208 valence electrons. The molecule has 0 spiro atoms. The standard InChI is InChI=1S/C22H28ClF4N3O7/c1-21(2,3)37-20(33)30-11-13(28-18(31)12-34-14-5-6-15(23)16(24)10-14)4-7-17(30)19(32)29-36-9-8-35-22(25,26)27/h5-6,10,13,17H,4,7-9,11-12H2,1-3H3,(H,28,31)(H,29,32)/t13?,17-/m0/s1. The molecule has 0 saturated carbocycles. The second-order valence-electron chi connectivity index (χ2n) is 8.96. The molecule has 0 bridgehead atoms. The van der Waals surface area contributed by atoms with E-state index in [0.717, 1.165) is 11.0 Å². The highest BCUT2D eigenvalue weighted by Gasteiger charge is 2.39. The number of carbonyl (C=O) groups excluding carboxylic acids is 3. The summed E-state index contributed by atoms with van der Waals surface area (Å²) >= 11 is 5.61. The Morgan fingerprint density at radius 1 is 1.14 bits per heavy atom. The average Bonchev–Trinajstić information content (AvgIpc) is 2.77. The van der Waals surface area contributed by atoms with Gasteiger partial charge >= 0.3 is 12.5 Å². The van der Waals surface area contributed by atoms with Crippen LogP contribution in [0.25, 0.3) is 0 Å². The summed E-state index contributed by atoms with van der Waals surface area (Å²) in [6.45, 7) is 2.91. The Bertz CT molecular complexity index is 959. The van der Waals surface area contributed by atoms with E-state index < -0.39 is 67.6 Å². The first kappa shape index (κ1) is 30.4.